The minimum absolute atomic E-state index is 0.206. The van der Waals surface area contributed by atoms with Crippen molar-refractivity contribution in [3.05, 3.63) is 41.8 Å². The van der Waals surface area contributed by atoms with E-state index in [9.17, 15) is 4.79 Å². The molecule has 0 amide bonds. The van der Waals surface area contributed by atoms with Crippen LogP contribution in [0.3, 0.4) is 0 Å². The summed E-state index contributed by atoms with van der Waals surface area (Å²) in [5, 5.41) is 0. The van der Waals surface area contributed by atoms with Crippen LogP contribution in [0.4, 0.5) is 0 Å². The van der Waals surface area contributed by atoms with E-state index in [1.807, 2.05) is 24.3 Å². The zero-order valence-corrected chi connectivity index (χ0v) is 10.5. The van der Waals surface area contributed by atoms with Gasteiger partial charge in [-0.3, -0.25) is 0 Å². The number of carbonyl (C=O) groups excluding carboxylic acids is 1. The summed E-state index contributed by atoms with van der Waals surface area (Å²) in [5.74, 6) is -0.00279. The van der Waals surface area contributed by atoms with Crippen molar-refractivity contribution in [1.29, 1.82) is 0 Å². The fraction of sp³-hybridized carbons (Fsp3) is 0.286. The first-order valence-corrected chi connectivity index (χ1v) is 5.97. The van der Waals surface area contributed by atoms with Gasteiger partial charge in [0.05, 0.1) is 6.61 Å². The molecule has 0 radical (unpaired) electrons. The second-order valence-corrected chi connectivity index (χ2v) is 3.77. The van der Waals surface area contributed by atoms with Crippen molar-refractivity contribution in [2.24, 2.45) is 0 Å². The minimum atomic E-state index is -0.457. The van der Waals surface area contributed by atoms with Gasteiger partial charge in [-0.05, 0) is 25.0 Å². The summed E-state index contributed by atoms with van der Waals surface area (Å²) in [4.78, 5) is 15.7. The predicted molar refractivity (Wildman–Crippen MR) is 67.3 cm³/mol. The lowest BCUT2D eigenvalue weighted by Crippen LogP contribution is -2.04. The van der Waals surface area contributed by atoms with Crippen LogP contribution in [-0.4, -0.2) is 17.6 Å². The molecule has 4 heteroatoms. The first-order valence-electron chi connectivity index (χ1n) is 5.97. The molecule has 0 saturated heterocycles. The maximum atomic E-state index is 11.5. The van der Waals surface area contributed by atoms with Crippen molar-refractivity contribution in [2.45, 2.75) is 20.3 Å². The van der Waals surface area contributed by atoms with Crippen LogP contribution in [0.2, 0.25) is 0 Å². The Balaban J connectivity index is 2.32. The number of aryl methyl sites for hydroxylation is 1. The van der Waals surface area contributed by atoms with Crippen molar-refractivity contribution in [2.75, 3.05) is 6.61 Å². The van der Waals surface area contributed by atoms with E-state index in [4.69, 9.17) is 9.15 Å². The van der Waals surface area contributed by atoms with Crippen molar-refractivity contribution in [1.82, 2.24) is 4.98 Å². The van der Waals surface area contributed by atoms with Crippen LogP contribution in [0, 0.1) is 0 Å². The molecule has 0 aliphatic rings. The van der Waals surface area contributed by atoms with Crippen molar-refractivity contribution < 1.29 is 13.9 Å². The number of benzene rings is 1. The molecule has 94 valence electrons. The number of aromatic nitrogens is 1. The number of hydrogen-bond donors (Lipinski definition) is 0. The average molecular weight is 245 g/mol. The molecule has 0 saturated carbocycles. The summed E-state index contributed by atoms with van der Waals surface area (Å²) in [7, 11) is 0. The fourth-order valence-electron chi connectivity index (χ4n) is 1.73. The zero-order valence-electron chi connectivity index (χ0n) is 10.5. The molecule has 0 N–H and O–H groups in total. The summed E-state index contributed by atoms with van der Waals surface area (Å²) in [6, 6.07) is 7.84. The standard InChI is InChI=1S/C14H15NO3/c1-3-10-7-5-6-8-11(10)13-15-12(9-18-13)14(16)17-4-2/h5-9H,3-4H2,1-2H3. The Morgan fingerprint density at radius 1 is 1.33 bits per heavy atom. The van der Waals surface area contributed by atoms with Gasteiger partial charge in [0.2, 0.25) is 5.89 Å². The highest BCUT2D eigenvalue weighted by Crippen LogP contribution is 2.23. The number of hydrogen-bond acceptors (Lipinski definition) is 4. The smallest absolute Gasteiger partial charge is 0.360 e. The molecule has 1 aromatic heterocycles. The van der Waals surface area contributed by atoms with Crippen molar-refractivity contribution >= 4 is 5.97 Å². The van der Waals surface area contributed by atoms with Crippen LogP contribution in [0.1, 0.15) is 29.9 Å². The highest BCUT2D eigenvalue weighted by molar-refractivity contribution is 5.87. The van der Waals surface area contributed by atoms with Gasteiger partial charge in [-0.1, -0.05) is 25.1 Å². The normalized spacial score (nSPS) is 10.3. The van der Waals surface area contributed by atoms with Crippen LogP contribution < -0.4 is 0 Å². The molecule has 0 spiro atoms. The summed E-state index contributed by atoms with van der Waals surface area (Å²) in [5.41, 5.74) is 2.25. The molecule has 1 aromatic carbocycles. The van der Waals surface area contributed by atoms with Crippen LogP contribution in [0.25, 0.3) is 11.5 Å². The van der Waals surface area contributed by atoms with E-state index in [-0.39, 0.29) is 5.69 Å². The monoisotopic (exact) mass is 245 g/mol. The van der Waals surface area contributed by atoms with Gasteiger partial charge < -0.3 is 9.15 Å². The SMILES string of the molecule is CCOC(=O)c1coc(-c2ccccc2CC)n1. The van der Waals surface area contributed by atoms with Crippen LogP contribution in [0.15, 0.2) is 34.9 Å². The maximum Gasteiger partial charge on any atom is 0.360 e. The predicted octanol–water partition coefficient (Wildman–Crippen LogP) is 3.08. The van der Waals surface area contributed by atoms with Gasteiger partial charge in [-0.2, -0.15) is 0 Å². The van der Waals surface area contributed by atoms with Crippen molar-refractivity contribution in [3.8, 4) is 11.5 Å². The van der Waals surface area contributed by atoms with E-state index in [2.05, 4.69) is 11.9 Å². The maximum absolute atomic E-state index is 11.5. The van der Waals surface area contributed by atoms with E-state index in [0.717, 1.165) is 17.5 Å². The second-order valence-electron chi connectivity index (χ2n) is 3.77. The molecule has 0 aliphatic carbocycles. The average Bonchev–Trinajstić information content (AvgIpc) is 2.88. The number of carbonyl (C=O) groups is 1. The lowest BCUT2D eigenvalue weighted by atomic mass is 10.1. The molecular weight excluding hydrogens is 230 g/mol. The first-order chi connectivity index (χ1) is 8.76. The summed E-state index contributed by atoms with van der Waals surface area (Å²) >= 11 is 0. The van der Waals surface area contributed by atoms with Gasteiger partial charge in [-0.15, -0.1) is 0 Å². The number of rotatable bonds is 4. The van der Waals surface area contributed by atoms with Crippen LogP contribution >= 0.6 is 0 Å². The first kappa shape index (κ1) is 12.4. The second kappa shape index (κ2) is 5.49. The third-order valence-electron chi connectivity index (χ3n) is 2.62. The van der Waals surface area contributed by atoms with Gasteiger partial charge in [-0.25, -0.2) is 9.78 Å². The van der Waals surface area contributed by atoms with E-state index >= 15 is 0 Å². The molecular formula is C14H15NO3. The summed E-state index contributed by atoms with van der Waals surface area (Å²) in [6.45, 7) is 4.14. The highest BCUT2D eigenvalue weighted by Gasteiger charge is 2.15. The Morgan fingerprint density at radius 3 is 2.83 bits per heavy atom. The summed E-state index contributed by atoms with van der Waals surface area (Å²) in [6.07, 6.45) is 2.22. The van der Waals surface area contributed by atoms with Gasteiger partial charge in [0.25, 0.3) is 0 Å². The zero-order chi connectivity index (χ0) is 13.0. The Kier molecular flexibility index (Phi) is 3.77. The number of ether oxygens (including phenoxy) is 1. The molecule has 18 heavy (non-hydrogen) atoms. The van der Waals surface area contributed by atoms with Gasteiger partial charge in [0, 0.05) is 5.56 Å². The molecule has 2 rings (SSSR count). The van der Waals surface area contributed by atoms with E-state index in [1.54, 1.807) is 6.92 Å². The van der Waals surface area contributed by atoms with Gasteiger partial charge in [0.15, 0.2) is 5.69 Å². The molecule has 4 nitrogen and oxygen atoms in total. The third kappa shape index (κ3) is 2.42. The lowest BCUT2D eigenvalue weighted by molar-refractivity contribution is 0.0519. The lowest BCUT2D eigenvalue weighted by Gasteiger charge is -2.02. The summed E-state index contributed by atoms with van der Waals surface area (Å²) < 4.78 is 10.2. The minimum Gasteiger partial charge on any atom is -0.461 e. The Hall–Kier alpha value is -2.10. The quantitative estimate of drug-likeness (QED) is 0.777. The number of nitrogens with zero attached hydrogens (tertiary/aromatic N) is 1. The van der Waals surface area contributed by atoms with E-state index in [0.29, 0.717) is 12.5 Å². The van der Waals surface area contributed by atoms with Gasteiger partial charge >= 0.3 is 5.97 Å². The molecule has 0 unspecified atom stereocenters. The molecule has 0 atom stereocenters. The largest absolute Gasteiger partial charge is 0.461 e. The Morgan fingerprint density at radius 2 is 2.11 bits per heavy atom. The topological polar surface area (TPSA) is 52.3 Å². The van der Waals surface area contributed by atoms with Crippen molar-refractivity contribution in [3.63, 3.8) is 0 Å². The molecule has 0 fully saturated rings. The van der Waals surface area contributed by atoms with E-state index < -0.39 is 5.97 Å². The van der Waals surface area contributed by atoms with Crippen LogP contribution in [0.5, 0.6) is 0 Å². The van der Waals surface area contributed by atoms with Crippen LogP contribution in [-0.2, 0) is 11.2 Å². The molecule has 0 aliphatic heterocycles. The fourth-order valence-corrected chi connectivity index (χ4v) is 1.73. The third-order valence-corrected chi connectivity index (χ3v) is 2.62. The Bertz CT molecular complexity index is 545. The molecule has 2 aromatic rings. The van der Waals surface area contributed by atoms with E-state index in [1.165, 1.54) is 6.26 Å². The molecule has 1 heterocycles. The molecule has 0 bridgehead atoms. The number of esters is 1. The number of oxazole rings is 1. The van der Waals surface area contributed by atoms with Gasteiger partial charge in [0.1, 0.15) is 6.26 Å². The Labute approximate surface area is 106 Å². The highest BCUT2D eigenvalue weighted by atomic mass is 16.5.